The number of hydrogen-bond acceptors (Lipinski definition) is 5. The van der Waals surface area contributed by atoms with E-state index in [9.17, 15) is 14.4 Å². The number of nitrogens with zero attached hydrogens (tertiary/aromatic N) is 1. The van der Waals surface area contributed by atoms with Gasteiger partial charge < -0.3 is 15.2 Å². The zero-order chi connectivity index (χ0) is 22.7. The highest BCUT2D eigenvalue weighted by atomic mass is 35.5. The van der Waals surface area contributed by atoms with Crippen molar-refractivity contribution >= 4 is 23.6 Å². The van der Waals surface area contributed by atoms with Crippen molar-refractivity contribution in [2.75, 3.05) is 0 Å². The molecule has 1 heterocycles. The molecule has 0 fully saturated rings. The van der Waals surface area contributed by atoms with Crippen molar-refractivity contribution < 1.29 is 18.7 Å². The molecule has 0 spiro atoms. The van der Waals surface area contributed by atoms with Gasteiger partial charge in [-0.15, -0.1) is 0 Å². The highest BCUT2D eigenvalue weighted by Crippen LogP contribution is 2.43. The molecule has 0 aromatic heterocycles. The molecule has 0 bridgehead atoms. The molecule has 0 radical (unpaired) electrons. The van der Waals surface area contributed by atoms with E-state index in [1.165, 1.54) is 24.3 Å². The fraction of sp³-hybridized carbons (Fsp3) is 0.0400. The van der Waals surface area contributed by atoms with Crippen molar-refractivity contribution in [2.24, 2.45) is 5.73 Å². The van der Waals surface area contributed by atoms with E-state index in [1.54, 1.807) is 54.6 Å². The number of ether oxygens (including phenoxy) is 2. The maximum absolute atomic E-state index is 13.8. The van der Waals surface area contributed by atoms with Crippen LogP contribution in [0.25, 0.3) is 6.08 Å². The normalized spacial score (nSPS) is 15.1. The molecule has 0 saturated carbocycles. The molecule has 1 atom stereocenters. The van der Waals surface area contributed by atoms with E-state index in [-0.39, 0.29) is 17.2 Å². The summed E-state index contributed by atoms with van der Waals surface area (Å²) in [6.07, 6.45) is 2.90. The molecule has 4 rings (SSSR count). The highest BCUT2D eigenvalue weighted by molar-refractivity contribution is 6.30. The number of carbonyl (C=O) groups excluding carboxylic acids is 1. The minimum Gasteiger partial charge on any atom is -0.440 e. The summed E-state index contributed by atoms with van der Waals surface area (Å²) in [6, 6.07) is 19.7. The van der Waals surface area contributed by atoms with E-state index in [0.717, 1.165) is 5.56 Å². The summed E-state index contributed by atoms with van der Waals surface area (Å²) in [4.78, 5) is 12.2. The number of rotatable bonds is 4. The van der Waals surface area contributed by atoms with Crippen LogP contribution in [0.15, 0.2) is 84.3 Å². The summed E-state index contributed by atoms with van der Waals surface area (Å²) < 4.78 is 24.8. The van der Waals surface area contributed by atoms with Gasteiger partial charge in [-0.25, -0.2) is 9.18 Å². The topological polar surface area (TPSA) is 85.3 Å². The molecule has 32 heavy (non-hydrogen) atoms. The van der Waals surface area contributed by atoms with Gasteiger partial charge >= 0.3 is 5.97 Å². The predicted molar refractivity (Wildman–Crippen MR) is 118 cm³/mol. The zero-order valence-electron chi connectivity index (χ0n) is 16.6. The Morgan fingerprint density at radius 3 is 2.66 bits per heavy atom. The number of benzene rings is 3. The van der Waals surface area contributed by atoms with Crippen LogP contribution < -0.4 is 15.2 Å². The van der Waals surface area contributed by atoms with Gasteiger partial charge in [-0.1, -0.05) is 41.9 Å². The number of fused-ring (bicyclic) bond motifs is 1. The molecule has 1 aliphatic heterocycles. The Hall–Kier alpha value is -4.08. The van der Waals surface area contributed by atoms with Crippen LogP contribution in [0.4, 0.5) is 4.39 Å². The molecule has 3 aromatic carbocycles. The number of halogens is 2. The van der Waals surface area contributed by atoms with Crippen LogP contribution in [0.3, 0.4) is 0 Å². The summed E-state index contributed by atoms with van der Waals surface area (Å²) in [6.45, 7) is 0. The van der Waals surface area contributed by atoms with Gasteiger partial charge in [-0.3, -0.25) is 0 Å². The summed E-state index contributed by atoms with van der Waals surface area (Å²) in [5.74, 6) is -1.14. The highest BCUT2D eigenvalue weighted by Gasteiger charge is 2.31. The van der Waals surface area contributed by atoms with E-state index in [4.69, 9.17) is 26.8 Å². The van der Waals surface area contributed by atoms with Crippen molar-refractivity contribution in [2.45, 2.75) is 5.92 Å². The fourth-order valence-corrected chi connectivity index (χ4v) is 3.54. The number of hydrogen-bond donors (Lipinski definition) is 1. The Morgan fingerprint density at radius 2 is 1.94 bits per heavy atom. The second kappa shape index (κ2) is 8.96. The molecule has 3 aromatic rings. The monoisotopic (exact) mass is 446 g/mol. The van der Waals surface area contributed by atoms with Gasteiger partial charge in [-0.2, -0.15) is 5.26 Å². The number of esters is 1. The predicted octanol–water partition coefficient (Wildman–Crippen LogP) is 5.32. The Morgan fingerprint density at radius 1 is 1.16 bits per heavy atom. The van der Waals surface area contributed by atoms with Crippen LogP contribution in [-0.4, -0.2) is 5.97 Å². The molecular weight excluding hydrogens is 431 g/mol. The van der Waals surface area contributed by atoms with Gasteiger partial charge in [0, 0.05) is 22.7 Å². The Balaban J connectivity index is 1.59. The molecule has 1 unspecified atom stereocenters. The summed E-state index contributed by atoms with van der Waals surface area (Å²) >= 11 is 5.85. The molecular formula is C25H16ClFN2O3. The van der Waals surface area contributed by atoms with Gasteiger partial charge in [0.2, 0.25) is 5.88 Å². The molecule has 158 valence electrons. The first-order chi connectivity index (χ1) is 15.4. The average molecular weight is 447 g/mol. The first-order valence-corrected chi connectivity index (χ1v) is 9.95. The number of carbonyl (C=O) groups is 1. The van der Waals surface area contributed by atoms with Crippen LogP contribution in [0, 0.1) is 17.1 Å². The standard InChI is InChI=1S/C25H16ClFN2O3/c26-17-7-4-15(5-8-17)6-11-23(30)31-19-9-10-20-22(13-19)32-25(29)21(14-28)24(20)16-2-1-3-18(27)12-16/h1-13,24H,29H2/b11-6+. The Bertz CT molecular complexity index is 1290. The van der Waals surface area contributed by atoms with E-state index < -0.39 is 17.7 Å². The molecule has 2 N–H and O–H groups in total. The fourth-order valence-electron chi connectivity index (χ4n) is 3.42. The van der Waals surface area contributed by atoms with Gasteiger partial charge in [0.1, 0.15) is 29.0 Å². The van der Waals surface area contributed by atoms with Crippen LogP contribution in [-0.2, 0) is 4.79 Å². The van der Waals surface area contributed by atoms with Gasteiger partial charge in [0.25, 0.3) is 0 Å². The van der Waals surface area contributed by atoms with E-state index in [2.05, 4.69) is 0 Å². The number of nitriles is 1. The van der Waals surface area contributed by atoms with Gasteiger partial charge in [0.15, 0.2) is 0 Å². The van der Waals surface area contributed by atoms with Crippen LogP contribution >= 0.6 is 11.6 Å². The Kier molecular flexibility index (Phi) is 5.93. The lowest BCUT2D eigenvalue weighted by atomic mass is 9.83. The smallest absolute Gasteiger partial charge is 0.336 e. The van der Waals surface area contributed by atoms with Crippen molar-refractivity contribution in [3.05, 3.63) is 112 Å². The second-order valence-electron chi connectivity index (χ2n) is 6.99. The maximum Gasteiger partial charge on any atom is 0.336 e. The van der Waals surface area contributed by atoms with Crippen molar-refractivity contribution in [1.29, 1.82) is 5.26 Å². The zero-order valence-corrected chi connectivity index (χ0v) is 17.3. The lowest BCUT2D eigenvalue weighted by Gasteiger charge is -2.26. The van der Waals surface area contributed by atoms with Crippen molar-refractivity contribution in [3.63, 3.8) is 0 Å². The van der Waals surface area contributed by atoms with Gasteiger partial charge in [-0.05, 0) is 47.5 Å². The van der Waals surface area contributed by atoms with Crippen LogP contribution in [0.5, 0.6) is 11.5 Å². The third-order valence-electron chi connectivity index (χ3n) is 4.87. The van der Waals surface area contributed by atoms with Crippen LogP contribution in [0.2, 0.25) is 5.02 Å². The average Bonchev–Trinajstić information content (AvgIpc) is 2.77. The third-order valence-corrected chi connectivity index (χ3v) is 5.12. The quantitative estimate of drug-likeness (QED) is 0.333. The number of allylic oxidation sites excluding steroid dienone is 1. The molecule has 1 aliphatic rings. The lowest BCUT2D eigenvalue weighted by Crippen LogP contribution is -2.21. The first kappa shape index (κ1) is 21.2. The third kappa shape index (κ3) is 4.48. The van der Waals surface area contributed by atoms with Crippen molar-refractivity contribution in [3.8, 4) is 17.6 Å². The molecule has 7 heteroatoms. The summed E-state index contributed by atoms with van der Waals surface area (Å²) in [5, 5.41) is 10.2. The molecule has 5 nitrogen and oxygen atoms in total. The molecule has 0 saturated heterocycles. The summed E-state index contributed by atoms with van der Waals surface area (Å²) in [7, 11) is 0. The second-order valence-corrected chi connectivity index (χ2v) is 7.42. The van der Waals surface area contributed by atoms with Gasteiger partial charge in [0.05, 0.1) is 5.92 Å². The van der Waals surface area contributed by atoms with Crippen molar-refractivity contribution in [1.82, 2.24) is 0 Å². The molecule has 0 aliphatic carbocycles. The maximum atomic E-state index is 13.8. The number of nitrogens with two attached hydrogens (primary N) is 1. The lowest BCUT2D eigenvalue weighted by molar-refractivity contribution is -0.128. The summed E-state index contributed by atoms with van der Waals surface area (Å²) in [5.41, 5.74) is 8.10. The largest absolute Gasteiger partial charge is 0.440 e. The SMILES string of the molecule is N#CC1=C(N)Oc2cc(OC(=O)/C=C/c3ccc(Cl)cc3)ccc2C1c1cccc(F)c1. The molecule has 0 amide bonds. The van der Waals surface area contributed by atoms with E-state index in [1.807, 2.05) is 6.07 Å². The minimum atomic E-state index is -0.603. The van der Waals surface area contributed by atoms with Crippen LogP contribution in [0.1, 0.15) is 22.6 Å². The van der Waals surface area contributed by atoms with E-state index in [0.29, 0.717) is 21.9 Å². The van der Waals surface area contributed by atoms with E-state index >= 15 is 0 Å². The Labute approximate surface area is 188 Å². The minimum absolute atomic E-state index is 0.0830. The first-order valence-electron chi connectivity index (χ1n) is 9.57.